The molecule has 0 aromatic heterocycles. The Labute approximate surface area is 159 Å². The molecule has 2 amide bonds. The second-order valence-electron chi connectivity index (χ2n) is 6.71. The molecule has 0 bridgehead atoms. The number of carbonyl (C=O) groups excluding carboxylic acids is 2. The molecule has 0 aliphatic carbocycles. The van der Waals surface area contributed by atoms with E-state index in [9.17, 15) is 9.59 Å². The van der Waals surface area contributed by atoms with E-state index in [0.717, 1.165) is 29.9 Å². The summed E-state index contributed by atoms with van der Waals surface area (Å²) < 4.78 is 5.26. The number of benzene rings is 2. The molecule has 0 saturated carbocycles. The smallest absolute Gasteiger partial charge is 0.246 e. The van der Waals surface area contributed by atoms with Gasteiger partial charge >= 0.3 is 0 Å². The third kappa shape index (κ3) is 4.22. The second-order valence-corrected chi connectivity index (χ2v) is 6.71. The summed E-state index contributed by atoms with van der Waals surface area (Å²) in [6.45, 7) is 4.55. The summed E-state index contributed by atoms with van der Waals surface area (Å²) in [5, 5.41) is 6.09. The highest BCUT2D eigenvalue weighted by Gasteiger charge is 2.23. The van der Waals surface area contributed by atoms with Crippen molar-refractivity contribution < 1.29 is 14.3 Å². The van der Waals surface area contributed by atoms with Gasteiger partial charge in [-0.15, -0.1) is 0 Å². The van der Waals surface area contributed by atoms with Crippen LogP contribution in [0, 0.1) is 6.92 Å². The van der Waals surface area contributed by atoms with Crippen molar-refractivity contribution in [3.63, 3.8) is 0 Å². The molecule has 0 spiro atoms. The number of aryl methyl sites for hydroxylation is 1. The Balaban J connectivity index is 1.66. The standard InChI is InChI=1S/C21H25N3O3/c1-14-13-16(10-11-18(14)24-12-6-9-20(24)25)22-15(2)21(26)23-17-7-4-5-8-19(17)27-3/h4-5,7-8,10-11,13,15,22H,6,9,12H2,1-3H3,(H,23,26). The fraction of sp³-hybridized carbons (Fsp3) is 0.333. The number of hydrogen-bond donors (Lipinski definition) is 2. The number of methoxy groups -OCH3 is 1. The Morgan fingerprint density at radius 1 is 1.22 bits per heavy atom. The van der Waals surface area contributed by atoms with Crippen molar-refractivity contribution >= 4 is 28.9 Å². The van der Waals surface area contributed by atoms with E-state index < -0.39 is 6.04 Å². The Bertz CT molecular complexity index is 850. The monoisotopic (exact) mass is 367 g/mol. The van der Waals surface area contributed by atoms with Gasteiger partial charge in [0.25, 0.3) is 0 Å². The molecule has 27 heavy (non-hydrogen) atoms. The van der Waals surface area contributed by atoms with Crippen molar-refractivity contribution in [1.82, 2.24) is 0 Å². The first-order valence-corrected chi connectivity index (χ1v) is 9.11. The van der Waals surface area contributed by atoms with Gasteiger partial charge in [0.05, 0.1) is 12.8 Å². The van der Waals surface area contributed by atoms with Gasteiger partial charge < -0.3 is 20.3 Å². The molecule has 3 rings (SSSR count). The van der Waals surface area contributed by atoms with Gasteiger partial charge in [0.1, 0.15) is 11.8 Å². The van der Waals surface area contributed by atoms with E-state index in [2.05, 4.69) is 10.6 Å². The molecule has 6 heteroatoms. The van der Waals surface area contributed by atoms with E-state index in [0.29, 0.717) is 17.9 Å². The highest BCUT2D eigenvalue weighted by atomic mass is 16.5. The molecule has 1 atom stereocenters. The maximum atomic E-state index is 12.5. The second kappa shape index (κ2) is 8.12. The van der Waals surface area contributed by atoms with Gasteiger partial charge in [-0.1, -0.05) is 12.1 Å². The lowest BCUT2D eigenvalue weighted by atomic mass is 10.1. The number of ether oxygens (including phenoxy) is 1. The first-order chi connectivity index (χ1) is 13.0. The first-order valence-electron chi connectivity index (χ1n) is 9.11. The van der Waals surface area contributed by atoms with Gasteiger partial charge in [-0.2, -0.15) is 0 Å². The quantitative estimate of drug-likeness (QED) is 0.819. The summed E-state index contributed by atoms with van der Waals surface area (Å²) in [5.41, 5.74) is 3.42. The van der Waals surface area contributed by atoms with E-state index >= 15 is 0 Å². The van der Waals surface area contributed by atoms with Gasteiger partial charge in [0.15, 0.2) is 0 Å². The van der Waals surface area contributed by atoms with Crippen LogP contribution in [0.3, 0.4) is 0 Å². The summed E-state index contributed by atoms with van der Waals surface area (Å²) in [5.74, 6) is 0.632. The lowest BCUT2D eigenvalue weighted by Gasteiger charge is -2.21. The summed E-state index contributed by atoms with van der Waals surface area (Å²) in [7, 11) is 1.57. The Morgan fingerprint density at radius 3 is 2.67 bits per heavy atom. The SMILES string of the molecule is COc1ccccc1NC(=O)C(C)Nc1ccc(N2CCCC2=O)c(C)c1. The van der Waals surface area contributed by atoms with Crippen LogP contribution in [0.2, 0.25) is 0 Å². The van der Waals surface area contributed by atoms with Gasteiger partial charge in [0, 0.05) is 24.3 Å². The topological polar surface area (TPSA) is 70.7 Å². The average molecular weight is 367 g/mol. The van der Waals surface area contributed by atoms with Gasteiger partial charge in [-0.05, 0) is 56.2 Å². The maximum Gasteiger partial charge on any atom is 0.246 e. The minimum absolute atomic E-state index is 0.157. The lowest BCUT2D eigenvalue weighted by Crippen LogP contribution is -2.32. The number of para-hydroxylation sites is 2. The maximum absolute atomic E-state index is 12.5. The predicted octanol–water partition coefficient (Wildman–Crippen LogP) is 3.57. The first kappa shape index (κ1) is 18.8. The van der Waals surface area contributed by atoms with Crippen LogP contribution in [-0.4, -0.2) is 31.5 Å². The average Bonchev–Trinajstić information content (AvgIpc) is 3.08. The van der Waals surface area contributed by atoms with E-state index in [1.165, 1.54) is 0 Å². The van der Waals surface area contributed by atoms with Crippen molar-refractivity contribution in [2.24, 2.45) is 0 Å². The predicted molar refractivity (Wildman–Crippen MR) is 107 cm³/mol. The Morgan fingerprint density at radius 2 is 2.00 bits per heavy atom. The number of hydrogen-bond acceptors (Lipinski definition) is 4. The van der Waals surface area contributed by atoms with Crippen molar-refractivity contribution in [1.29, 1.82) is 0 Å². The molecule has 2 N–H and O–H groups in total. The number of carbonyl (C=O) groups is 2. The van der Waals surface area contributed by atoms with Crippen LogP contribution in [0.5, 0.6) is 5.75 Å². The zero-order chi connectivity index (χ0) is 19.4. The van der Waals surface area contributed by atoms with E-state index in [1.807, 2.05) is 42.2 Å². The van der Waals surface area contributed by atoms with E-state index in [1.54, 1.807) is 26.2 Å². The zero-order valence-electron chi connectivity index (χ0n) is 15.9. The van der Waals surface area contributed by atoms with E-state index in [4.69, 9.17) is 4.74 Å². The fourth-order valence-electron chi connectivity index (χ4n) is 3.26. The van der Waals surface area contributed by atoms with Crippen LogP contribution < -0.4 is 20.3 Å². The van der Waals surface area contributed by atoms with Gasteiger partial charge in [-0.25, -0.2) is 0 Å². The molecule has 142 valence electrons. The zero-order valence-corrected chi connectivity index (χ0v) is 15.9. The van der Waals surface area contributed by atoms with Crippen LogP contribution in [0.15, 0.2) is 42.5 Å². The number of nitrogens with one attached hydrogen (secondary N) is 2. The number of rotatable bonds is 6. The van der Waals surface area contributed by atoms with Gasteiger partial charge in [-0.3, -0.25) is 9.59 Å². The molecule has 1 aliphatic heterocycles. The van der Waals surface area contributed by atoms with Crippen LogP contribution in [0.4, 0.5) is 17.1 Å². The molecule has 1 saturated heterocycles. The third-order valence-corrected chi connectivity index (χ3v) is 4.70. The highest BCUT2D eigenvalue weighted by Crippen LogP contribution is 2.28. The molecule has 6 nitrogen and oxygen atoms in total. The fourth-order valence-corrected chi connectivity index (χ4v) is 3.26. The Kier molecular flexibility index (Phi) is 5.64. The van der Waals surface area contributed by atoms with Crippen molar-refractivity contribution in [3.05, 3.63) is 48.0 Å². The summed E-state index contributed by atoms with van der Waals surface area (Å²) in [6, 6.07) is 12.7. The molecule has 2 aromatic carbocycles. The lowest BCUT2D eigenvalue weighted by molar-refractivity contribution is -0.117. The normalized spacial score (nSPS) is 14.8. The molecule has 0 radical (unpaired) electrons. The molecule has 1 fully saturated rings. The van der Waals surface area contributed by atoms with Crippen molar-refractivity contribution in [2.75, 3.05) is 29.2 Å². The summed E-state index contributed by atoms with van der Waals surface area (Å²) in [4.78, 5) is 26.3. The third-order valence-electron chi connectivity index (χ3n) is 4.70. The number of amides is 2. The molecule has 1 heterocycles. The molecule has 1 unspecified atom stereocenters. The van der Waals surface area contributed by atoms with E-state index in [-0.39, 0.29) is 11.8 Å². The number of anilines is 3. The minimum atomic E-state index is -0.436. The highest BCUT2D eigenvalue weighted by molar-refractivity contribution is 5.98. The van der Waals surface area contributed by atoms with Crippen molar-refractivity contribution in [2.45, 2.75) is 32.7 Å². The minimum Gasteiger partial charge on any atom is -0.495 e. The number of nitrogens with zero attached hydrogens (tertiary/aromatic N) is 1. The van der Waals surface area contributed by atoms with Crippen LogP contribution >= 0.6 is 0 Å². The Hall–Kier alpha value is -3.02. The van der Waals surface area contributed by atoms with Crippen LogP contribution in [0.1, 0.15) is 25.3 Å². The van der Waals surface area contributed by atoms with Gasteiger partial charge in [0.2, 0.25) is 11.8 Å². The van der Waals surface area contributed by atoms with Crippen molar-refractivity contribution in [3.8, 4) is 5.75 Å². The summed E-state index contributed by atoms with van der Waals surface area (Å²) in [6.07, 6.45) is 1.51. The molecule has 1 aliphatic rings. The summed E-state index contributed by atoms with van der Waals surface area (Å²) >= 11 is 0. The molecule has 2 aromatic rings. The van der Waals surface area contributed by atoms with Crippen LogP contribution in [0.25, 0.3) is 0 Å². The molecular weight excluding hydrogens is 342 g/mol. The molecular formula is C21H25N3O3. The largest absolute Gasteiger partial charge is 0.495 e. The van der Waals surface area contributed by atoms with Crippen LogP contribution in [-0.2, 0) is 9.59 Å².